The predicted octanol–water partition coefficient (Wildman–Crippen LogP) is 3.82. The SMILES string of the molecule is BrC1CCCN(CC2CCCCC2)CC1. The molecule has 0 aromatic rings. The van der Waals surface area contributed by atoms with Crippen molar-refractivity contribution in [1.82, 2.24) is 4.90 Å². The molecule has 0 bridgehead atoms. The third kappa shape index (κ3) is 4.07. The van der Waals surface area contributed by atoms with Gasteiger partial charge in [-0.25, -0.2) is 0 Å². The second-order valence-electron chi connectivity index (χ2n) is 5.33. The third-order valence-electron chi connectivity index (χ3n) is 3.99. The highest BCUT2D eigenvalue weighted by atomic mass is 79.9. The largest absolute Gasteiger partial charge is 0.303 e. The Balaban J connectivity index is 1.72. The average molecular weight is 274 g/mol. The van der Waals surface area contributed by atoms with Gasteiger partial charge in [-0.05, 0) is 51.1 Å². The fourth-order valence-corrected chi connectivity index (χ4v) is 3.56. The maximum Gasteiger partial charge on any atom is 0.0158 e. The lowest BCUT2D eigenvalue weighted by atomic mass is 9.89. The van der Waals surface area contributed by atoms with Gasteiger partial charge in [0.1, 0.15) is 0 Å². The zero-order valence-electron chi connectivity index (χ0n) is 9.76. The van der Waals surface area contributed by atoms with Crippen molar-refractivity contribution in [3.63, 3.8) is 0 Å². The van der Waals surface area contributed by atoms with Gasteiger partial charge >= 0.3 is 0 Å². The molecular formula is C13H24BrN. The van der Waals surface area contributed by atoms with Crippen molar-refractivity contribution in [3.8, 4) is 0 Å². The Kier molecular flexibility index (Phi) is 4.96. The van der Waals surface area contributed by atoms with E-state index >= 15 is 0 Å². The lowest BCUT2D eigenvalue weighted by Gasteiger charge is -2.28. The second kappa shape index (κ2) is 6.24. The zero-order chi connectivity index (χ0) is 10.5. The first-order chi connectivity index (χ1) is 7.34. The van der Waals surface area contributed by atoms with Crippen molar-refractivity contribution in [2.75, 3.05) is 19.6 Å². The van der Waals surface area contributed by atoms with Crippen LogP contribution in [0.4, 0.5) is 0 Å². The van der Waals surface area contributed by atoms with Crippen LogP contribution in [0.25, 0.3) is 0 Å². The first-order valence-electron chi connectivity index (χ1n) is 6.71. The Morgan fingerprint density at radius 2 is 1.67 bits per heavy atom. The van der Waals surface area contributed by atoms with E-state index in [0.717, 1.165) is 10.7 Å². The quantitative estimate of drug-likeness (QED) is 0.692. The molecule has 0 N–H and O–H groups in total. The van der Waals surface area contributed by atoms with Crippen LogP contribution in [-0.4, -0.2) is 29.4 Å². The summed E-state index contributed by atoms with van der Waals surface area (Å²) >= 11 is 3.76. The number of hydrogen-bond donors (Lipinski definition) is 0. The van der Waals surface area contributed by atoms with Gasteiger partial charge in [0.05, 0.1) is 0 Å². The van der Waals surface area contributed by atoms with Crippen molar-refractivity contribution in [2.45, 2.75) is 56.2 Å². The number of nitrogens with zero attached hydrogens (tertiary/aromatic N) is 1. The Morgan fingerprint density at radius 1 is 0.867 bits per heavy atom. The number of likely N-dealkylation sites (tertiary alicyclic amines) is 1. The first-order valence-corrected chi connectivity index (χ1v) is 7.62. The monoisotopic (exact) mass is 273 g/mol. The summed E-state index contributed by atoms with van der Waals surface area (Å²) in [6.07, 6.45) is 11.6. The van der Waals surface area contributed by atoms with Crippen LogP contribution in [0.1, 0.15) is 51.4 Å². The summed E-state index contributed by atoms with van der Waals surface area (Å²) in [6.45, 7) is 4.06. The van der Waals surface area contributed by atoms with E-state index in [1.807, 2.05) is 0 Å². The molecule has 0 radical (unpaired) electrons. The minimum absolute atomic E-state index is 0.786. The number of halogens is 1. The maximum absolute atomic E-state index is 3.76. The van der Waals surface area contributed by atoms with Gasteiger partial charge in [0.15, 0.2) is 0 Å². The summed E-state index contributed by atoms with van der Waals surface area (Å²) in [6, 6.07) is 0. The molecule has 1 heterocycles. The Hall–Kier alpha value is 0.440. The smallest absolute Gasteiger partial charge is 0.0158 e. The second-order valence-corrected chi connectivity index (χ2v) is 6.63. The molecule has 0 aromatic carbocycles. The lowest BCUT2D eigenvalue weighted by molar-refractivity contribution is 0.206. The van der Waals surface area contributed by atoms with Crippen LogP contribution in [0, 0.1) is 5.92 Å². The van der Waals surface area contributed by atoms with Gasteiger partial charge in [0.25, 0.3) is 0 Å². The first kappa shape index (κ1) is 11.9. The van der Waals surface area contributed by atoms with Crippen LogP contribution < -0.4 is 0 Å². The topological polar surface area (TPSA) is 3.24 Å². The molecule has 1 nitrogen and oxygen atoms in total. The van der Waals surface area contributed by atoms with E-state index in [1.165, 1.54) is 71.0 Å². The van der Waals surface area contributed by atoms with Crippen LogP contribution in [0.2, 0.25) is 0 Å². The van der Waals surface area contributed by atoms with E-state index in [-0.39, 0.29) is 0 Å². The Bertz CT molecular complexity index is 177. The van der Waals surface area contributed by atoms with E-state index < -0.39 is 0 Å². The third-order valence-corrected chi connectivity index (χ3v) is 4.91. The van der Waals surface area contributed by atoms with Gasteiger partial charge in [-0.15, -0.1) is 0 Å². The fourth-order valence-electron chi connectivity index (χ4n) is 3.03. The molecule has 2 heteroatoms. The number of hydrogen-bond acceptors (Lipinski definition) is 1. The van der Waals surface area contributed by atoms with Crippen LogP contribution >= 0.6 is 15.9 Å². The van der Waals surface area contributed by atoms with Crippen molar-refractivity contribution < 1.29 is 0 Å². The van der Waals surface area contributed by atoms with Gasteiger partial charge in [0, 0.05) is 11.4 Å². The van der Waals surface area contributed by atoms with Crippen LogP contribution in [0.15, 0.2) is 0 Å². The Morgan fingerprint density at radius 3 is 2.47 bits per heavy atom. The van der Waals surface area contributed by atoms with Gasteiger partial charge in [-0.3, -0.25) is 0 Å². The fraction of sp³-hybridized carbons (Fsp3) is 1.00. The Labute approximate surface area is 103 Å². The molecule has 1 saturated heterocycles. The molecule has 1 unspecified atom stereocenters. The minimum atomic E-state index is 0.786. The van der Waals surface area contributed by atoms with Crippen LogP contribution in [0.5, 0.6) is 0 Å². The molecule has 2 rings (SSSR count). The van der Waals surface area contributed by atoms with E-state index in [2.05, 4.69) is 20.8 Å². The summed E-state index contributed by atoms with van der Waals surface area (Å²) in [5.41, 5.74) is 0. The predicted molar refractivity (Wildman–Crippen MR) is 69.6 cm³/mol. The van der Waals surface area contributed by atoms with Gasteiger partial charge in [-0.1, -0.05) is 35.2 Å². The van der Waals surface area contributed by atoms with E-state index in [9.17, 15) is 0 Å². The summed E-state index contributed by atoms with van der Waals surface area (Å²) in [5.74, 6) is 1.02. The van der Waals surface area contributed by atoms with E-state index in [0.29, 0.717) is 0 Å². The summed E-state index contributed by atoms with van der Waals surface area (Å²) in [5, 5.41) is 0. The molecule has 1 aliphatic carbocycles. The highest BCUT2D eigenvalue weighted by Gasteiger charge is 2.19. The molecule has 1 saturated carbocycles. The standard InChI is InChI=1S/C13H24BrN/c14-13-7-4-9-15(10-8-13)11-12-5-2-1-3-6-12/h12-13H,1-11H2. The van der Waals surface area contributed by atoms with Gasteiger partial charge in [0.2, 0.25) is 0 Å². The molecule has 15 heavy (non-hydrogen) atoms. The zero-order valence-corrected chi connectivity index (χ0v) is 11.3. The average Bonchev–Trinajstić information content (AvgIpc) is 2.46. The number of alkyl halides is 1. The summed E-state index contributed by atoms with van der Waals surface area (Å²) in [7, 11) is 0. The van der Waals surface area contributed by atoms with Crippen molar-refractivity contribution in [2.24, 2.45) is 5.92 Å². The van der Waals surface area contributed by atoms with E-state index in [1.54, 1.807) is 0 Å². The van der Waals surface area contributed by atoms with Crippen molar-refractivity contribution >= 4 is 15.9 Å². The summed E-state index contributed by atoms with van der Waals surface area (Å²) in [4.78, 5) is 3.51. The molecule has 88 valence electrons. The maximum atomic E-state index is 3.76. The van der Waals surface area contributed by atoms with Crippen molar-refractivity contribution in [1.29, 1.82) is 0 Å². The molecule has 0 aromatic heterocycles. The van der Waals surface area contributed by atoms with Gasteiger partial charge < -0.3 is 4.90 Å². The van der Waals surface area contributed by atoms with Gasteiger partial charge in [-0.2, -0.15) is 0 Å². The van der Waals surface area contributed by atoms with Crippen LogP contribution in [-0.2, 0) is 0 Å². The minimum Gasteiger partial charge on any atom is -0.303 e. The van der Waals surface area contributed by atoms with E-state index in [4.69, 9.17) is 0 Å². The highest BCUT2D eigenvalue weighted by molar-refractivity contribution is 9.09. The highest BCUT2D eigenvalue weighted by Crippen LogP contribution is 2.26. The molecule has 0 spiro atoms. The number of rotatable bonds is 2. The molecule has 2 aliphatic rings. The summed E-state index contributed by atoms with van der Waals surface area (Å²) < 4.78 is 0. The van der Waals surface area contributed by atoms with Crippen LogP contribution in [0.3, 0.4) is 0 Å². The molecule has 1 atom stereocenters. The lowest BCUT2D eigenvalue weighted by Crippen LogP contribution is -2.31. The van der Waals surface area contributed by atoms with Crippen molar-refractivity contribution in [3.05, 3.63) is 0 Å². The molecule has 1 aliphatic heterocycles. The molecule has 2 fully saturated rings. The molecule has 0 amide bonds. The normalized spacial score (nSPS) is 31.4. The molecular weight excluding hydrogens is 250 g/mol.